The van der Waals surface area contributed by atoms with Crippen molar-refractivity contribution in [1.82, 2.24) is 20.4 Å². The normalized spacial score (nSPS) is 17.4. The molecule has 1 aromatic rings. The van der Waals surface area contributed by atoms with E-state index in [0.717, 1.165) is 45.0 Å². The second kappa shape index (κ2) is 9.55. The first kappa shape index (κ1) is 17.8. The van der Waals surface area contributed by atoms with E-state index in [-0.39, 0.29) is 0 Å². The molecule has 1 aliphatic carbocycles. The lowest BCUT2D eigenvalue weighted by molar-refractivity contribution is 0.138. The minimum Gasteiger partial charge on any atom is -0.385 e. The van der Waals surface area contributed by atoms with E-state index in [1.807, 2.05) is 30.2 Å². The van der Waals surface area contributed by atoms with Gasteiger partial charge < -0.3 is 15.4 Å². The molecule has 0 radical (unpaired) electrons. The average Bonchev–Trinajstić information content (AvgIpc) is 3.25. The Morgan fingerprint density at radius 1 is 1.35 bits per heavy atom. The van der Waals surface area contributed by atoms with E-state index < -0.39 is 0 Å². The highest BCUT2D eigenvalue weighted by Gasteiger charge is 2.33. The minimum absolute atomic E-state index is 0.378. The van der Waals surface area contributed by atoms with Crippen LogP contribution in [0.3, 0.4) is 0 Å². The Morgan fingerprint density at radius 2 is 2.17 bits per heavy atom. The molecule has 0 atom stereocenters. The standard InChI is InChI=1S/C17H31N5O/c1-18-16(19-10-5-12-22-13-6-11-21-22)20-15-17(9-14-23-2)7-3-4-8-17/h6,11,13H,3-5,7-10,12,14-15H2,1-2H3,(H2,18,19,20). The van der Waals surface area contributed by atoms with Crippen molar-refractivity contribution in [3.8, 4) is 0 Å². The molecular formula is C17H31N5O. The van der Waals surface area contributed by atoms with E-state index >= 15 is 0 Å². The topological polar surface area (TPSA) is 63.5 Å². The van der Waals surface area contributed by atoms with Gasteiger partial charge >= 0.3 is 0 Å². The molecule has 2 N–H and O–H groups in total. The number of nitrogens with zero attached hydrogens (tertiary/aromatic N) is 3. The van der Waals surface area contributed by atoms with E-state index in [1.165, 1.54) is 25.7 Å². The maximum atomic E-state index is 5.29. The molecule has 1 aromatic heterocycles. The van der Waals surface area contributed by atoms with Crippen molar-refractivity contribution < 1.29 is 4.74 Å². The van der Waals surface area contributed by atoms with Crippen LogP contribution in [0.15, 0.2) is 23.5 Å². The molecule has 0 aliphatic heterocycles. The van der Waals surface area contributed by atoms with Crippen molar-refractivity contribution in [3.05, 3.63) is 18.5 Å². The van der Waals surface area contributed by atoms with Crippen molar-refractivity contribution >= 4 is 5.96 Å². The van der Waals surface area contributed by atoms with Crippen molar-refractivity contribution in [2.45, 2.75) is 45.1 Å². The zero-order valence-corrected chi connectivity index (χ0v) is 14.6. The lowest BCUT2D eigenvalue weighted by atomic mass is 9.83. The van der Waals surface area contributed by atoms with Crippen LogP contribution in [0.4, 0.5) is 0 Å². The van der Waals surface area contributed by atoms with Gasteiger partial charge in [0.2, 0.25) is 0 Å². The third-order valence-electron chi connectivity index (χ3n) is 4.77. The largest absolute Gasteiger partial charge is 0.385 e. The van der Waals surface area contributed by atoms with Crippen molar-refractivity contribution in [2.75, 3.05) is 33.9 Å². The van der Waals surface area contributed by atoms with Crippen LogP contribution in [0.5, 0.6) is 0 Å². The number of methoxy groups -OCH3 is 1. The van der Waals surface area contributed by atoms with Gasteiger partial charge in [-0.15, -0.1) is 0 Å². The zero-order chi connectivity index (χ0) is 16.4. The number of nitrogens with one attached hydrogen (secondary N) is 2. The number of aliphatic imine (C=N–C) groups is 1. The SMILES string of the molecule is CN=C(NCCCn1cccn1)NCC1(CCOC)CCCC1. The molecule has 130 valence electrons. The summed E-state index contributed by atoms with van der Waals surface area (Å²) in [5.74, 6) is 0.897. The first-order valence-corrected chi connectivity index (χ1v) is 8.69. The molecule has 0 spiro atoms. The number of aromatic nitrogens is 2. The molecule has 6 heteroatoms. The summed E-state index contributed by atoms with van der Waals surface area (Å²) in [6, 6.07) is 1.95. The van der Waals surface area contributed by atoms with Gasteiger partial charge in [0.1, 0.15) is 0 Å². The second-order valence-electron chi connectivity index (χ2n) is 6.43. The van der Waals surface area contributed by atoms with Crippen LogP contribution < -0.4 is 10.6 Å². The van der Waals surface area contributed by atoms with Crippen LogP contribution in [-0.4, -0.2) is 49.6 Å². The van der Waals surface area contributed by atoms with Gasteiger partial charge in [-0.3, -0.25) is 9.67 Å². The van der Waals surface area contributed by atoms with Gasteiger partial charge in [0.05, 0.1) is 0 Å². The lowest BCUT2D eigenvalue weighted by Gasteiger charge is -2.30. The Hall–Kier alpha value is -1.56. The smallest absolute Gasteiger partial charge is 0.190 e. The summed E-state index contributed by atoms with van der Waals surface area (Å²) >= 11 is 0. The third-order valence-corrected chi connectivity index (χ3v) is 4.77. The molecule has 1 fully saturated rings. The summed E-state index contributed by atoms with van der Waals surface area (Å²) in [7, 11) is 3.62. The summed E-state index contributed by atoms with van der Waals surface area (Å²) in [6.07, 6.45) is 11.2. The van der Waals surface area contributed by atoms with E-state index in [2.05, 4.69) is 20.7 Å². The maximum absolute atomic E-state index is 5.29. The lowest BCUT2D eigenvalue weighted by Crippen LogP contribution is -2.43. The van der Waals surface area contributed by atoms with Gasteiger partial charge in [-0.1, -0.05) is 12.8 Å². The average molecular weight is 321 g/mol. The van der Waals surface area contributed by atoms with Gasteiger partial charge in [-0.25, -0.2) is 0 Å². The number of aryl methyl sites for hydroxylation is 1. The zero-order valence-electron chi connectivity index (χ0n) is 14.6. The second-order valence-corrected chi connectivity index (χ2v) is 6.43. The minimum atomic E-state index is 0.378. The molecule has 0 bridgehead atoms. The Labute approximate surface area is 139 Å². The van der Waals surface area contributed by atoms with Crippen molar-refractivity contribution in [2.24, 2.45) is 10.4 Å². The molecule has 0 saturated heterocycles. The fourth-order valence-electron chi connectivity index (χ4n) is 3.33. The molecule has 0 unspecified atom stereocenters. The highest BCUT2D eigenvalue weighted by molar-refractivity contribution is 5.79. The summed E-state index contributed by atoms with van der Waals surface area (Å²) in [6.45, 7) is 3.64. The van der Waals surface area contributed by atoms with E-state index in [4.69, 9.17) is 4.74 Å². The molecular weight excluding hydrogens is 290 g/mol. The molecule has 1 heterocycles. The summed E-state index contributed by atoms with van der Waals surface area (Å²) in [4.78, 5) is 4.34. The van der Waals surface area contributed by atoms with E-state index in [0.29, 0.717) is 5.41 Å². The van der Waals surface area contributed by atoms with Crippen molar-refractivity contribution in [3.63, 3.8) is 0 Å². The quantitative estimate of drug-likeness (QED) is 0.415. The fraction of sp³-hybridized carbons (Fsp3) is 0.765. The Morgan fingerprint density at radius 3 is 2.83 bits per heavy atom. The highest BCUT2D eigenvalue weighted by atomic mass is 16.5. The number of ether oxygens (including phenoxy) is 1. The highest BCUT2D eigenvalue weighted by Crippen LogP contribution is 2.40. The Bertz CT molecular complexity index is 452. The predicted molar refractivity (Wildman–Crippen MR) is 93.6 cm³/mol. The van der Waals surface area contributed by atoms with Crippen molar-refractivity contribution in [1.29, 1.82) is 0 Å². The molecule has 2 rings (SSSR count). The molecule has 1 aliphatic rings. The summed E-state index contributed by atoms with van der Waals surface area (Å²) in [5, 5.41) is 11.1. The van der Waals surface area contributed by atoms with Crippen LogP contribution in [0.2, 0.25) is 0 Å². The Balaban J connectivity index is 1.69. The molecule has 6 nitrogen and oxygen atoms in total. The first-order chi connectivity index (χ1) is 11.3. The van der Waals surface area contributed by atoms with Gasteiger partial charge in [0.15, 0.2) is 5.96 Å². The summed E-state index contributed by atoms with van der Waals surface area (Å²) in [5.41, 5.74) is 0.378. The number of rotatable bonds is 9. The van der Waals surface area contributed by atoms with Crippen LogP contribution in [0, 0.1) is 5.41 Å². The summed E-state index contributed by atoms with van der Waals surface area (Å²) < 4.78 is 7.25. The van der Waals surface area contributed by atoms with Gasteiger partial charge in [-0.2, -0.15) is 5.10 Å². The molecule has 23 heavy (non-hydrogen) atoms. The first-order valence-electron chi connectivity index (χ1n) is 8.69. The number of hydrogen-bond acceptors (Lipinski definition) is 3. The third kappa shape index (κ3) is 5.86. The van der Waals surface area contributed by atoms with Crippen LogP contribution in [0.1, 0.15) is 38.5 Å². The molecule has 1 saturated carbocycles. The monoisotopic (exact) mass is 321 g/mol. The fourth-order valence-corrected chi connectivity index (χ4v) is 3.33. The van der Waals surface area contributed by atoms with Gasteiger partial charge in [0.25, 0.3) is 0 Å². The Kier molecular flexibility index (Phi) is 7.39. The number of guanidine groups is 1. The van der Waals surface area contributed by atoms with Crippen LogP contribution >= 0.6 is 0 Å². The maximum Gasteiger partial charge on any atom is 0.190 e. The van der Waals surface area contributed by atoms with Crippen LogP contribution in [0.25, 0.3) is 0 Å². The number of hydrogen-bond donors (Lipinski definition) is 2. The molecule has 0 amide bonds. The van der Waals surface area contributed by atoms with E-state index in [1.54, 1.807) is 7.11 Å². The predicted octanol–water partition coefficient (Wildman–Crippen LogP) is 2.04. The van der Waals surface area contributed by atoms with Gasteiger partial charge in [-0.05, 0) is 37.2 Å². The molecule has 0 aromatic carbocycles. The van der Waals surface area contributed by atoms with Gasteiger partial charge in [0, 0.05) is 52.8 Å². The van der Waals surface area contributed by atoms with Crippen LogP contribution in [-0.2, 0) is 11.3 Å². The van der Waals surface area contributed by atoms with E-state index in [9.17, 15) is 0 Å².